The number of nitrogens with zero attached hydrogens (tertiary/aromatic N) is 1. The molecule has 0 spiro atoms. The van der Waals surface area contributed by atoms with Crippen LogP contribution in [0.2, 0.25) is 0 Å². The maximum absolute atomic E-state index is 12.7. The summed E-state index contributed by atoms with van der Waals surface area (Å²) in [5.41, 5.74) is 1.30. The maximum Gasteiger partial charge on any atom is 0.306 e. The third-order valence-corrected chi connectivity index (χ3v) is 5.14. The van der Waals surface area contributed by atoms with Crippen molar-refractivity contribution in [3.8, 4) is 0 Å². The molecule has 0 aromatic heterocycles. The van der Waals surface area contributed by atoms with Crippen LogP contribution in [-0.4, -0.2) is 35.0 Å². The highest BCUT2D eigenvalue weighted by atomic mass is 16.4. The van der Waals surface area contributed by atoms with Gasteiger partial charge in [0.05, 0.1) is 5.92 Å². The van der Waals surface area contributed by atoms with E-state index in [1.54, 1.807) is 0 Å². The van der Waals surface area contributed by atoms with Crippen LogP contribution < -0.4 is 0 Å². The quantitative estimate of drug-likeness (QED) is 0.934. The Morgan fingerprint density at radius 3 is 2.50 bits per heavy atom. The predicted octanol–water partition coefficient (Wildman–Crippen LogP) is 2.89. The highest BCUT2D eigenvalue weighted by Crippen LogP contribution is 2.33. The van der Waals surface area contributed by atoms with Crippen LogP contribution in [0.15, 0.2) is 30.3 Å². The van der Waals surface area contributed by atoms with Gasteiger partial charge >= 0.3 is 5.97 Å². The second kappa shape index (κ2) is 6.51. The lowest BCUT2D eigenvalue weighted by Gasteiger charge is -2.29. The van der Waals surface area contributed by atoms with Crippen molar-refractivity contribution < 1.29 is 14.7 Å². The van der Waals surface area contributed by atoms with Crippen LogP contribution >= 0.6 is 0 Å². The Balaban J connectivity index is 1.60. The van der Waals surface area contributed by atoms with Gasteiger partial charge < -0.3 is 10.0 Å². The lowest BCUT2D eigenvalue weighted by atomic mass is 9.81. The number of amides is 1. The summed E-state index contributed by atoms with van der Waals surface area (Å²) in [6.45, 7) is 1.57. The fourth-order valence-corrected chi connectivity index (χ4v) is 3.85. The molecule has 1 N–H and O–H groups in total. The van der Waals surface area contributed by atoms with Crippen molar-refractivity contribution in [2.45, 2.75) is 38.0 Å². The summed E-state index contributed by atoms with van der Waals surface area (Å²) < 4.78 is 0. The summed E-state index contributed by atoms with van der Waals surface area (Å²) in [5.74, 6) is -0.589. The minimum Gasteiger partial charge on any atom is -0.481 e. The minimum atomic E-state index is -0.749. The van der Waals surface area contributed by atoms with E-state index in [9.17, 15) is 9.59 Å². The third-order valence-electron chi connectivity index (χ3n) is 5.14. The molecule has 0 unspecified atom stereocenters. The number of carboxylic acid groups (broad SMARTS) is 1. The van der Waals surface area contributed by atoms with Crippen LogP contribution in [-0.2, 0) is 9.59 Å². The van der Waals surface area contributed by atoms with E-state index in [4.69, 9.17) is 5.11 Å². The van der Waals surface area contributed by atoms with E-state index in [1.165, 1.54) is 5.56 Å². The molecule has 1 saturated heterocycles. The first-order valence-electron chi connectivity index (χ1n) is 8.21. The van der Waals surface area contributed by atoms with Crippen LogP contribution in [0.3, 0.4) is 0 Å². The predicted molar refractivity (Wildman–Crippen MR) is 83.5 cm³/mol. The van der Waals surface area contributed by atoms with Crippen molar-refractivity contribution in [1.29, 1.82) is 0 Å². The lowest BCUT2D eigenvalue weighted by Crippen LogP contribution is -2.37. The molecule has 0 bridgehead atoms. The molecule has 3 rings (SSSR count). The number of benzene rings is 1. The molecule has 1 heterocycles. The van der Waals surface area contributed by atoms with Crippen LogP contribution in [0.4, 0.5) is 0 Å². The van der Waals surface area contributed by atoms with Gasteiger partial charge in [-0.25, -0.2) is 0 Å². The molecule has 3 atom stereocenters. The van der Waals surface area contributed by atoms with E-state index in [0.29, 0.717) is 18.8 Å². The molecule has 1 aliphatic carbocycles. The van der Waals surface area contributed by atoms with Gasteiger partial charge in [0.15, 0.2) is 0 Å². The molecule has 4 nitrogen and oxygen atoms in total. The van der Waals surface area contributed by atoms with Gasteiger partial charge in [0.25, 0.3) is 0 Å². The second-order valence-electron chi connectivity index (χ2n) is 6.58. The van der Waals surface area contributed by atoms with Crippen LogP contribution in [0, 0.1) is 11.8 Å². The summed E-state index contributed by atoms with van der Waals surface area (Å²) in [6, 6.07) is 10.3. The molecule has 1 aromatic carbocycles. The molecule has 22 heavy (non-hydrogen) atoms. The first-order chi connectivity index (χ1) is 10.6. The number of aliphatic carboxylic acids is 1. The molecule has 1 aromatic rings. The largest absolute Gasteiger partial charge is 0.481 e. The smallest absolute Gasteiger partial charge is 0.306 e. The highest BCUT2D eigenvalue weighted by Gasteiger charge is 2.36. The molecule has 1 amide bonds. The average Bonchev–Trinajstić information content (AvgIpc) is 3.05. The average molecular weight is 301 g/mol. The van der Waals surface area contributed by atoms with E-state index < -0.39 is 5.97 Å². The Morgan fingerprint density at radius 2 is 1.77 bits per heavy atom. The fourth-order valence-electron chi connectivity index (χ4n) is 3.85. The molecule has 2 fully saturated rings. The molecule has 118 valence electrons. The molecule has 1 aliphatic heterocycles. The molecular formula is C18H23NO3. The van der Waals surface area contributed by atoms with Gasteiger partial charge in [0, 0.05) is 24.9 Å². The van der Waals surface area contributed by atoms with Gasteiger partial charge in [-0.2, -0.15) is 0 Å². The number of hydrogen-bond acceptors (Lipinski definition) is 2. The van der Waals surface area contributed by atoms with Crippen LogP contribution in [0.5, 0.6) is 0 Å². The van der Waals surface area contributed by atoms with Crippen molar-refractivity contribution in [1.82, 2.24) is 4.90 Å². The lowest BCUT2D eigenvalue weighted by molar-refractivity contribution is -0.145. The number of rotatable bonds is 3. The summed E-state index contributed by atoms with van der Waals surface area (Å²) in [6.07, 6.45) is 3.93. The molecule has 2 aliphatic rings. The molecular weight excluding hydrogens is 278 g/mol. The summed E-state index contributed by atoms with van der Waals surface area (Å²) in [7, 11) is 0. The van der Waals surface area contributed by atoms with E-state index >= 15 is 0 Å². The zero-order valence-corrected chi connectivity index (χ0v) is 12.8. The van der Waals surface area contributed by atoms with E-state index in [2.05, 4.69) is 12.1 Å². The molecule has 0 radical (unpaired) electrons. The number of carbonyl (C=O) groups excluding carboxylic acids is 1. The van der Waals surface area contributed by atoms with Gasteiger partial charge in [-0.15, -0.1) is 0 Å². The Morgan fingerprint density at radius 1 is 1.05 bits per heavy atom. The van der Waals surface area contributed by atoms with Gasteiger partial charge in [0.1, 0.15) is 0 Å². The number of carbonyl (C=O) groups is 2. The standard InChI is InChI=1S/C18H23NO3/c20-17(14-7-4-8-15(11-14)18(21)22)19-10-9-16(12-19)13-5-2-1-3-6-13/h1-3,5-6,14-16H,4,7-12H2,(H,21,22)/t14-,15-,16-/m1/s1. The van der Waals surface area contributed by atoms with Gasteiger partial charge in [-0.3, -0.25) is 9.59 Å². The van der Waals surface area contributed by atoms with Crippen molar-refractivity contribution >= 4 is 11.9 Å². The molecule has 1 saturated carbocycles. The summed E-state index contributed by atoms with van der Waals surface area (Å²) in [4.78, 5) is 25.8. The first-order valence-corrected chi connectivity index (χ1v) is 8.21. The molecule has 4 heteroatoms. The Bertz CT molecular complexity index is 543. The minimum absolute atomic E-state index is 0.0932. The van der Waals surface area contributed by atoms with E-state index in [1.807, 2.05) is 23.1 Å². The zero-order chi connectivity index (χ0) is 15.5. The summed E-state index contributed by atoms with van der Waals surface area (Å²) in [5, 5.41) is 9.17. The van der Waals surface area contributed by atoms with Crippen molar-refractivity contribution in [3.63, 3.8) is 0 Å². The summed E-state index contributed by atoms with van der Waals surface area (Å²) >= 11 is 0. The number of hydrogen-bond donors (Lipinski definition) is 1. The Kier molecular flexibility index (Phi) is 4.46. The van der Waals surface area contributed by atoms with Crippen molar-refractivity contribution in [2.24, 2.45) is 11.8 Å². The first kappa shape index (κ1) is 15.1. The van der Waals surface area contributed by atoms with Crippen molar-refractivity contribution in [2.75, 3.05) is 13.1 Å². The van der Waals surface area contributed by atoms with Crippen LogP contribution in [0.1, 0.15) is 43.6 Å². The highest BCUT2D eigenvalue weighted by molar-refractivity contribution is 5.80. The second-order valence-corrected chi connectivity index (χ2v) is 6.58. The number of carboxylic acids is 1. The SMILES string of the molecule is O=C(O)[C@@H]1CCC[C@@H](C(=O)N2CC[C@@H](c3ccccc3)C2)C1. The van der Waals surface area contributed by atoms with E-state index in [0.717, 1.165) is 32.4 Å². The topological polar surface area (TPSA) is 57.6 Å². The fraction of sp³-hybridized carbons (Fsp3) is 0.556. The van der Waals surface area contributed by atoms with E-state index in [-0.39, 0.29) is 17.7 Å². The van der Waals surface area contributed by atoms with Crippen LogP contribution in [0.25, 0.3) is 0 Å². The zero-order valence-electron chi connectivity index (χ0n) is 12.8. The van der Waals surface area contributed by atoms with Gasteiger partial charge in [-0.1, -0.05) is 36.8 Å². The Labute approximate surface area is 131 Å². The number of likely N-dealkylation sites (tertiary alicyclic amines) is 1. The monoisotopic (exact) mass is 301 g/mol. The van der Waals surface area contributed by atoms with Gasteiger partial charge in [-0.05, 0) is 31.2 Å². The normalized spacial score (nSPS) is 28.5. The Hall–Kier alpha value is -1.84. The third kappa shape index (κ3) is 3.16. The van der Waals surface area contributed by atoms with Gasteiger partial charge in [0.2, 0.25) is 5.91 Å². The van der Waals surface area contributed by atoms with Crippen molar-refractivity contribution in [3.05, 3.63) is 35.9 Å². The maximum atomic E-state index is 12.7.